The molecule has 0 amide bonds. The molecule has 149 heavy (non-hydrogen) atoms. The van der Waals surface area contributed by atoms with Crippen molar-refractivity contribution in [1.82, 2.24) is 0 Å². The number of carboxylic acid groups (broad SMARTS) is 1. The van der Waals surface area contributed by atoms with E-state index in [1.54, 1.807) is 55.1 Å². The summed E-state index contributed by atoms with van der Waals surface area (Å²) in [6.45, 7) is 26.9. The summed E-state index contributed by atoms with van der Waals surface area (Å²) >= 11 is 0. The molecule has 45 heteroatoms. The molecule has 3 aromatic rings. The standard InChI is InChI=1S/C17H22O6.C13H18O2.C12H16O4.2C11H20O6.2C9H16O5.C8H12O5.C7H14O4.C4H8O.CH4P.2CH4/c1-17(12-22-16(19)23-13-17)15(18)21-10-6-5-9-20-11-14-7-3-2-4-8-14;1-2-3-9-13(14)11-15-10-12-7-5-4-6-8-12;1-12(8-13,9-14)11(15)16-7-10-5-3-2-4-6-10;2*1-9(14)17-8-11(2,7-13)10(15)16-6-4-3-5-12;2*1-4-13-8(12)9(3,5-10)6-14-7(2)11;1-3-11-6(9)8(2)4-12-7(10)13-5-8;1-7(4-10-2,5-11-3)6(8)9;1-3-4(2)5;1-2;;/h2-4,7-8H,5-6,9-13H2,1H3;4-8H,2-3,9-11H2,1H3;2-6,13-14H,7-9H2,1H3;2*12-13H,3-8H2,1-2H3;2*10H,4-6H2,1-3H3;3-5H2,1-2H3;4-5H2,1-3H3,(H,8,9);3H2,1-2H3;2H,1H3;2*1H4/q;;;;;;;;;;-1;;/i;11T;;;;;;;;2T;;;. The van der Waals surface area contributed by atoms with Gasteiger partial charge in [-0.3, -0.25) is 62.3 Å². The van der Waals surface area contributed by atoms with Gasteiger partial charge in [0.05, 0.1) is 107 Å². The number of aliphatic hydroxyl groups excluding tert-OH is 8. The molecule has 860 valence electrons. The molecular formula is C104H174O44P-. The first kappa shape index (κ1) is 149. The predicted octanol–water partition coefficient (Wildman–Crippen LogP) is 10.4. The number of carbonyl (C=O) groups excluding carboxylic acids is 15. The van der Waals surface area contributed by atoms with Crippen LogP contribution < -0.4 is 0 Å². The molecule has 0 radical (unpaired) electrons. The number of carboxylic acids is 1. The van der Waals surface area contributed by atoms with Gasteiger partial charge >= 0.3 is 83.9 Å². The van der Waals surface area contributed by atoms with Crippen LogP contribution in [0.5, 0.6) is 0 Å². The second-order valence-electron chi connectivity index (χ2n) is 34.5. The van der Waals surface area contributed by atoms with E-state index in [0.717, 1.165) is 42.4 Å². The van der Waals surface area contributed by atoms with Gasteiger partial charge < -0.3 is 150 Å². The molecule has 0 aliphatic carbocycles. The number of ketones is 2. The minimum atomic E-state index is -1.23. The maximum Gasteiger partial charge on any atom is 0.508 e. The predicted molar refractivity (Wildman–Crippen MR) is 546 cm³/mol. The average Bonchev–Trinajstić information content (AvgIpc) is 0.828. The number of hydrogen-bond acceptors (Lipinski definition) is 43. The van der Waals surface area contributed by atoms with E-state index in [1.165, 1.54) is 76.5 Å². The Kier molecular flexibility index (Phi) is 90.8. The summed E-state index contributed by atoms with van der Waals surface area (Å²) < 4.78 is 106. The third-order valence-electron chi connectivity index (χ3n) is 19.5. The van der Waals surface area contributed by atoms with Crippen LogP contribution in [0.3, 0.4) is 0 Å². The molecule has 2 aliphatic heterocycles. The summed E-state index contributed by atoms with van der Waals surface area (Å²) in [6, 6.07) is 28.8. The van der Waals surface area contributed by atoms with Gasteiger partial charge in [-0.15, -0.1) is 0 Å². The molecule has 0 bridgehead atoms. The Labute approximate surface area is 883 Å². The van der Waals surface area contributed by atoms with E-state index >= 15 is 0 Å². The van der Waals surface area contributed by atoms with E-state index in [9.17, 15) is 76.7 Å². The highest BCUT2D eigenvalue weighted by atomic mass is 31.0. The lowest BCUT2D eigenvalue weighted by atomic mass is 9.93. The Morgan fingerprint density at radius 2 is 0.664 bits per heavy atom. The number of ether oxygens (including phenoxy) is 19. The molecular weight excluding hydrogens is 1980 g/mol. The fourth-order valence-corrected chi connectivity index (χ4v) is 9.52. The van der Waals surface area contributed by atoms with E-state index in [0.29, 0.717) is 71.6 Å². The van der Waals surface area contributed by atoms with Gasteiger partial charge in [0.2, 0.25) is 0 Å². The number of cyclic esters (lactones) is 4. The Morgan fingerprint density at radius 1 is 0.376 bits per heavy atom. The summed E-state index contributed by atoms with van der Waals surface area (Å²) in [7, 11) is 5.91. The summed E-state index contributed by atoms with van der Waals surface area (Å²) in [4.78, 5) is 177. The Balaban J connectivity index is -0.000000253. The molecule has 2 aliphatic rings. The number of carbonyl (C=O) groups is 16. The second-order valence-corrected chi connectivity index (χ2v) is 34.5. The maximum atomic E-state index is 12.0. The molecule has 5 atom stereocenters. The number of aliphatic carboxylic acids is 1. The lowest BCUT2D eigenvalue weighted by Crippen LogP contribution is -2.44. The third-order valence-corrected chi connectivity index (χ3v) is 19.5. The zero-order valence-corrected chi connectivity index (χ0v) is 90.1. The van der Waals surface area contributed by atoms with Crippen molar-refractivity contribution in [1.29, 1.82) is 0 Å². The molecule has 9 N–H and O–H groups in total. The Hall–Kier alpha value is -10.9. The highest BCUT2D eigenvalue weighted by Gasteiger charge is 2.45. The molecule has 2 fully saturated rings. The molecule has 5 unspecified atom stereocenters. The van der Waals surface area contributed by atoms with Crippen LogP contribution in [-0.2, 0) is 177 Å². The van der Waals surface area contributed by atoms with Crippen LogP contribution in [0.4, 0.5) is 9.59 Å². The molecule has 0 saturated carbocycles. The quantitative estimate of drug-likeness (QED) is 0.0110. The van der Waals surface area contributed by atoms with Crippen LogP contribution in [0.25, 0.3) is 0 Å². The molecule has 0 spiro atoms. The fraction of sp³-hybridized carbons (Fsp3) is 0.673. The van der Waals surface area contributed by atoms with Crippen molar-refractivity contribution in [3.63, 3.8) is 0 Å². The first-order valence-corrected chi connectivity index (χ1v) is 48.2. The molecule has 2 saturated heterocycles. The number of unbranched alkanes of at least 4 members (excludes halogenated alkanes) is 4. The van der Waals surface area contributed by atoms with Crippen molar-refractivity contribution in [2.75, 3.05) is 193 Å². The van der Waals surface area contributed by atoms with Gasteiger partial charge in [-0.05, 0) is 145 Å². The van der Waals surface area contributed by atoms with Crippen LogP contribution in [-0.4, -0.2) is 334 Å². The summed E-state index contributed by atoms with van der Waals surface area (Å²) in [5, 5.41) is 80.1. The van der Waals surface area contributed by atoms with E-state index in [-0.39, 0.29) is 146 Å². The van der Waals surface area contributed by atoms with E-state index in [1.807, 2.05) is 97.9 Å². The van der Waals surface area contributed by atoms with Crippen LogP contribution >= 0.6 is 9.24 Å². The van der Waals surface area contributed by atoms with Crippen molar-refractivity contribution in [2.24, 2.45) is 43.3 Å². The van der Waals surface area contributed by atoms with Gasteiger partial charge in [-0.2, -0.15) is 6.66 Å². The number of aliphatic hydroxyl groups is 8. The van der Waals surface area contributed by atoms with Gasteiger partial charge in [-0.1, -0.05) is 126 Å². The van der Waals surface area contributed by atoms with Crippen LogP contribution in [0.15, 0.2) is 91.0 Å². The van der Waals surface area contributed by atoms with Crippen molar-refractivity contribution in [3.8, 4) is 0 Å². The number of methoxy groups -OCH3 is 2. The van der Waals surface area contributed by atoms with Crippen molar-refractivity contribution >= 4 is 105 Å². The van der Waals surface area contributed by atoms with Gasteiger partial charge in [0.1, 0.15) is 115 Å². The average molecular weight is 2160 g/mol. The normalized spacial score (nSPS) is 13.9. The highest BCUT2D eigenvalue weighted by molar-refractivity contribution is 7.15. The van der Waals surface area contributed by atoms with Gasteiger partial charge in [0.25, 0.3) is 0 Å². The van der Waals surface area contributed by atoms with Gasteiger partial charge in [0, 0.05) is 75.9 Å². The molecule has 2 heterocycles. The lowest BCUT2D eigenvalue weighted by molar-refractivity contribution is -0.167. The highest BCUT2D eigenvalue weighted by Crippen LogP contribution is 2.28. The zero-order valence-electron chi connectivity index (χ0n) is 91.1. The van der Waals surface area contributed by atoms with Crippen LogP contribution in [0, 0.1) is 43.3 Å². The first-order chi connectivity index (χ1) is 70.2. The number of hydrogen-bond donors (Lipinski definition) is 9. The number of Topliss-reactive ketones (excluding diaryl/α,β-unsaturated/α-hetero) is 2. The minimum Gasteiger partial charge on any atom is -0.562 e. The minimum absolute atomic E-state index is 0. The summed E-state index contributed by atoms with van der Waals surface area (Å²) in [5.74, 6) is -6.79. The molecule has 3 aromatic carbocycles. The van der Waals surface area contributed by atoms with E-state index in [4.69, 9.17) is 120 Å². The monoisotopic (exact) mass is 2160 g/mol. The lowest BCUT2D eigenvalue weighted by Gasteiger charge is -2.29. The fourth-order valence-electron chi connectivity index (χ4n) is 9.52. The molecule has 0 aromatic heterocycles. The SMILES string of the molecule is C.C.CC(=O)OCC(C)(CO)C(=O)OCCCCO.CC(=O)OCC(C)(CO)C(=O)OCCCCO.CC(CO)(CO)C(=O)OCc1ccccc1.CC1(C(=O)OCCCCOCc2ccccc2)COC(=O)OC1.CCOC(=O)C(C)(CO)COC(C)=O.CCOC(=O)C(C)(CO)COC(C)=O.CCOC(=O)C1(C)COC(=O)OC1.COCC(C)(COC)C(=O)O.C[PH-].[3H]C(OCc1ccccc1)C(=O)CCCC.[3H]CC(=O)CC. The van der Waals surface area contributed by atoms with Gasteiger partial charge in [0.15, 0.2) is 5.78 Å². The Morgan fingerprint density at radius 3 is 0.940 bits per heavy atom. The molecule has 44 nitrogen and oxygen atoms in total. The van der Waals surface area contributed by atoms with Crippen molar-refractivity contribution in [3.05, 3.63) is 108 Å². The van der Waals surface area contributed by atoms with E-state index in [2.05, 4.69) is 28.2 Å². The third kappa shape index (κ3) is 74.7. The topological polar surface area (TPSA) is 631 Å². The maximum absolute atomic E-state index is 12.0. The van der Waals surface area contributed by atoms with Crippen molar-refractivity contribution < 1.29 is 215 Å². The Bertz CT molecular complexity index is 4060. The second kappa shape index (κ2) is 91.0. The van der Waals surface area contributed by atoms with Crippen LogP contribution in [0.1, 0.15) is 223 Å². The summed E-state index contributed by atoms with van der Waals surface area (Å²) in [5.41, 5.74) is -5.73. The first-order valence-electron chi connectivity index (χ1n) is 48.5. The number of esters is 11. The van der Waals surface area contributed by atoms with Gasteiger partial charge in [-0.25, -0.2) is 9.59 Å². The van der Waals surface area contributed by atoms with Crippen LogP contribution in [0.2, 0.25) is 0 Å². The zero-order chi connectivity index (χ0) is 115. The van der Waals surface area contributed by atoms with Crippen molar-refractivity contribution in [2.45, 2.75) is 223 Å². The van der Waals surface area contributed by atoms with E-state index < -0.39 is 173 Å². The number of benzene rings is 3. The largest absolute Gasteiger partial charge is 0.562 e. The molecule has 5 rings (SSSR count). The smallest absolute Gasteiger partial charge is 0.508 e. The number of rotatable bonds is 54. The summed E-state index contributed by atoms with van der Waals surface area (Å²) in [6.07, 6.45) is 5.00.